The van der Waals surface area contributed by atoms with Crippen molar-refractivity contribution in [3.63, 3.8) is 0 Å². The fourth-order valence-electron chi connectivity index (χ4n) is 0.906. The first-order valence-corrected chi connectivity index (χ1v) is 4.91. The van der Waals surface area contributed by atoms with E-state index in [0.717, 1.165) is 10.2 Å². The summed E-state index contributed by atoms with van der Waals surface area (Å²) >= 11 is 3.30. The summed E-state index contributed by atoms with van der Waals surface area (Å²) < 4.78 is 0.901. The fourth-order valence-corrected chi connectivity index (χ4v) is 1.31. The van der Waals surface area contributed by atoms with Crippen LogP contribution in [0.1, 0.15) is 0 Å². The normalized spacial score (nSPS) is 11.1. The zero-order valence-electron chi connectivity index (χ0n) is 7.77. The van der Waals surface area contributed by atoms with Crippen LogP contribution in [0.2, 0.25) is 0 Å². The molecule has 0 heterocycles. The summed E-state index contributed by atoms with van der Waals surface area (Å²) in [5.74, 6) is -0.940. The maximum absolute atomic E-state index is 10.2. The van der Waals surface area contributed by atoms with Crippen LogP contribution < -0.4 is 11.1 Å². The van der Waals surface area contributed by atoms with Gasteiger partial charge in [0, 0.05) is 10.2 Å². The number of halogens is 1. The number of anilines is 1. The Hall–Kier alpha value is -1.56. The van der Waals surface area contributed by atoms with E-state index in [-0.39, 0.29) is 12.5 Å². The SMILES string of the molecule is NC(=NCC(=O)O)Nc1cccc(Br)c1. The molecule has 1 rings (SSSR count). The number of guanidine groups is 1. The topological polar surface area (TPSA) is 87.7 Å². The quantitative estimate of drug-likeness (QED) is 0.571. The summed E-state index contributed by atoms with van der Waals surface area (Å²) in [7, 11) is 0. The van der Waals surface area contributed by atoms with E-state index in [2.05, 4.69) is 26.2 Å². The second-order valence-electron chi connectivity index (χ2n) is 2.73. The molecule has 80 valence electrons. The lowest BCUT2D eigenvalue weighted by atomic mass is 10.3. The Bertz CT molecular complexity index is 393. The number of nitrogens with zero attached hydrogens (tertiary/aromatic N) is 1. The number of rotatable bonds is 3. The summed E-state index contributed by atoms with van der Waals surface area (Å²) in [6.07, 6.45) is 0. The lowest BCUT2D eigenvalue weighted by Crippen LogP contribution is -2.23. The minimum Gasteiger partial charge on any atom is -0.480 e. The molecule has 5 nitrogen and oxygen atoms in total. The first kappa shape index (κ1) is 11.5. The van der Waals surface area contributed by atoms with Crippen molar-refractivity contribution in [2.24, 2.45) is 10.7 Å². The highest BCUT2D eigenvalue weighted by molar-refractivity contribution is 9.10. The van der Waals surface area contributed by atoms with Crippen LogP contribution >= 0.6 is 15.9 Å². The van der Waals surface area contributed by atoms with Crippen LogP contribution in [0.5, 0.6) is 0 Å². The van der Waals surface area contributed by atoms with Crippen molar-refractivity contribution in [3.8, 4) is 0 Å². The van der Waals surface area contributed by atoms with E-state index < -0.39 is 5.97 Å². The van der Waals surface area contributed by atoms with Crippen LogP contribution in [0.3, 0.4) is 0 Å². The Morgan fingerprint density at radius 1 is 1.60 bits per heavy atom. The van der Waals surface area contributed by atoms with Gasteiger partial charge in [-0.05, 0) is 18.2 Å². The predicted molar refractivity (Wildman–Crippen MR) is 61.9 cm³/mol. The highest BCUT2D eigenvalue weighted by Gasteiger charge is 1.97. The molecule has 1 aromatic carbocycles. The molecule has 1 aromatic rings. The van der Waals surface area contributed by atoms with Crippen molar-refractivity contribution >= 4 is 33.5 Å². The van der Waals surface area contributed by atoms with E-state index in [1.54, 1.807) is 6.07 Å². The predicted octanol–water partition coefficient (Wildman–Crippen LogP) is 1.26. The van der Waals surface area contributed by atoms with Crippen LogP contribution in [0.4, 0.5) is 5.69 Å². The van der Waals surface area contributed by atoms with Gasteiger partial charge in [0.2, 0.25) is 0 Å². The Kier molecular flexibility index (Phi) is 4.11. The molecular weight excluding hydrogens is 262 g/mol. The van der Waals surface area contributed by atoms with E-state index in [9.17, 15) is 4.79 Å². The first-order valence-electron chi connectivity index (χ1n) is 4.12. The Labute approximate surface area is 95.1 Å². The van der Waals surface area contributed by atoms with Gasteiger partial charge in [-0.15, -0.1) is 0 Å². The van der Waals surface area contributed by atoms with Gasteiger partial charge in [-0.2, -0.15) is 0 Å². The summed E-state index contributed by atoms with van der Waals surface area (Å²) in [6.45, 7) is -0.340. The van der Waals surface area contributed by atoms with Crippen LogP contribution in [-0.4, -0.2) is 23.6 Å². The van der Waals surface area contributed by atoms with E-state index >= 15 is 0 Å². The van der Waals surface area contributed by atoms with Crippen molar-refractivity contribution in [3.05, 3.63) is 28.7 Å². The average molecular weight is 272 g/mol. The van der Waals surface area contributed by atoms with Crippen molar-refractivity contribution in [1.82, 2.24) is 0 Å². The molecule has 0 saturated carbocycles. The molecule has 0 amide bonds. The highest BCUT2D eigenvalue weighted by Crippen LogP contribution is 2.15. The Balaban J connectivity index is 2.61. The summed E-state index contributed by atoms with van der Waals surface area (Å²) in [4.78, 5) is 13.8. The zero-order valence-corrected chi connectivity index (χ0v) is 9.36. The van der Waals surface area contributed by atoms with Crippen molar-refractivity contribution < 1.29 is 9.90 Å². The van der Waals surface area contributed by atoms with Gasteiger partial charge in [0.15, 0.2) is 5.96 Å². The molecule has 0 aromatic heterocycles. The minimum absolute atomic E-state index is 0.0792. The molecule has 0 aliphatic heterocycles. The van der Waals surface area contributed by atoms with E-state index in [1.807, 2.05) is 18.2 Å². The molecule has 0 fully saturated rings. The van der Waals surface area contributed by atoms with Gasteiger partial charge in [0.1, 0.15) is 6.54 Å². The number of benzene rings is 1. The Morgan fingerprint density at radius 3 is 2.93 bits per heavy atom. The molecule has 0 radical (unpaired) electrons. The number of hydrogen-bond donors (Lipinski definition) is 3. The van der Waals surface area contributed by atoms with Crippen LogP contribution in [0.25, 0.3) is 0 Å². The summed E-state index contributed by atoms with van der Waals surface area (Å²) in [6, 6.07) is 7.31. The lowest BCUT2D eigenvalue weighted by molar-refractivity contribution is -0.135. The lowest BCUT2D eigenvalue weighted by Gasteiger charge is -2.04. The minimum atomic E-state index is -1.02. The monoisotopic (exact) mass is 271 g/mol. The van der Waals surface area contributed by atoms with Crippen LogP contribution in [-0.2, 0) is 4.79 Å². The Morgan fingerprint density at radius 2 is 2.33 bits per heavy atom. The summed E-state index contributed by atoms with van der Waals surface area (Å²) in [5, 5.41) is 11.1. The van der Waals surface area contributed by atoms with Gasteiger partial charge in [0.05, 0.1) is 0 Å². The van der Waals surface area contributed by atoms with Gasteiger partial charge < -0.3 is 16.2 Å². The molecule has 0 bridgehead atoms. The number of carbonyl (C=O) groups is 1. The second kappa shape index (κ2) is 5.35. The fraction of sp³-hybridized carbons (Fsp3) is 0.111. The number of carboxylic acids is 1. The number of aliphatic imine (C=N–C) groups is 1. The standard InChI is InChI=1S/C9H10BrN3O2/c10-6-2-1-3-7(4-6)13-9(11)12-5-8(14)15/h1-4H,5H2,(H,14,15)(H3,11,12,13). The maximum atomic E-state index is 10.2. The number of nitrogens with two attached hydrogens (primary N) is 1. The smallest absolute Gasteiger partial charge is 0.325 e. The molecule has 0 spiro atoms. The van der Waals surface area contributed by atoms with Crippen molar-refractivity contribution in [1.29, 1.82) is 0 Å². The third-order valence-electron chi connectivity index (χ3n) is 1.48. The van der Waals surface area contributed by atoms with Crippen LogP contribution in [0.15, 0.2) is 33.7 Å². The van der Waals surface area contributed by atoms with Gasteiger partial charge in [-0.3, -0.25) is 4.79 Å². The molecule has 0 aliphatic carbocycles. The number of carboxylic acid groups (broad SMARTS) is 1. The maximum Gasteiger partial charge on any atom is 0.325 e. The number of hydrogen-bond acceptors (Lipinski definition) is 2. The third-order valence-corrected chi connectivity index (χ3v) is 1.97. The molecule has 4 N–H and O–H groups in total. The van der Waals surface area contributed by atoms with Gasteiger partial charge in [-0.1, -0.05) is 22.0 Å². The zero-order chi connectivity index (χ0) is 11.3. The number of aliphatic carboxylic acids is 1. The first-order chi connectivity index (χ1) is 7.08. The molecule has 6 heteroatoms. The average Bonchev–Trinajstić information content (AvgIpc) is 2.15. The summed E-state index contributed by atoms with van der Waals surface area (Å²) in [5.41, 5.74) is 6.21. The highest BCUT2D eigenvalue weighted by atomic mass is 79.9. The van der Waals surface area contributed by atoms with Crippen molar-refractivity contribution in [2.45, 2.75) is 0 Å². The third kappa shape index (κ3) is 4.46. The van der Waals surface area contributed by atoms with Crippen molar-refractivity contribution in [2.75, 3.05) is 11.9 Å². The van der Waals surface area contributed by atoms with E-state index in [1.165, 1.54) is 0 Å². The molecule has 0 unspecified atom stereocenters. The second-order valence-corrected chi connectivity index (χ2v) is 3.65. The molecule has 0 atom stereocenters. The van der Waals surface area contributed by atoms with Gasteiger partial charge in [-0.25, -0.2) is 4.99 Å². The molecule has 15 heavy (non-hydrogen) atoms. The molecule has 0 aliphatic rings. The van der Waals surface area contributed by atoms with Gasteiger partial charge in [0.25, 0.3) is 0 Å². The largest absolute Gasteiger partial charge is 0.480 e. The number of nitrogens with one attached hydrogen (secondary N) is 1. The molecular formula is C9H10BrN3O2. The molecule has 0 saturated heterocycles. The van der Waals surface area contributed by atoms with E-state index in [0.29, 0.717) is 0 Å². The van der Waals surface area contributed by atoms with Gasteiger partial charge >= 0.3 is 5.97 Å². The van der Waals surface area contributed by atoms with E-state index in [4.69, 9.17) is 10.8 Å². The van der Waals surface area contributed by atoms with Crippen LogP contribution in [0, 0.1) is 0 Å².